The molecule has 0 saturated heterocycles. The summed E-state index contributed by atoms with van der Waals surface area (Å²) in [6, 6.07) is 5.08. The summed E-state index contributed by atoms with van der Waals surface area (Å²) in [5.74, 6) is 0.842. The Morgan fingerprint density at radius 2 is 2.10 bits per heavy atom. The van der Waals surface area contributed by atoms with Gasteiger partial charge in [-0.25, -0.2) is 0 Å². The molecule has 0 spiro atoms. The fourth-order valence-corrected chi connectivity index (χ4v) is 1.75. The van der Waals surface area contributed by atoms with Crippen LogP contribution in [0.4, 0.5) is 5.69 Å². The van der Waals surface area contributed by atoms with Crippen molar-refractivity contribution in [3.8, 4) is 5.75 Å². The van der Waals surface area contributed by atoms with E-state index in [1.807, 2.05) is 6.07 Å². The molecule has 1 rings (SSSR count). The Morgan fingerprint density at radius 3 is 2.71 bits per heavy atom. The first-order valence-electron chi connectivity index (χ1n) is 7.14. The number of methoxy groups -OCH3 is 1. The maximum Gasteiger partial charge on any atom is 0.311 e. The number of nitro groups is 1. The molecule has 0 heterocycles. The highest BCUT2D eigenvalue weighted by Crippen LogP contribution is 2.28. The molecule has 1 aromatic rings. The fourth-order valence-electron chi connectivity index (χ4n) is 1.75. The third kappa shape index (κ3) is 6.55. The molecule has 0 aliphatic carbocycles. The van der Waals surface area contributed by atoms with Gasteiger partial charge in [-0.1, -0.05) is 19.9 Å². The predicted octanol–water partition coefficient (Wildman–Crippen LogP) is 2.76. The maximum atomic E-state index is 11.1. The van der Waals surface area contributed by atoms with Gasteiger partial charge in [-0.3, -0.25) is 10.1 Å². The first kappa shape index (κ1) is 17.4. The van der Waals surface area contributed by atoms with Gasteiger partial charge in [-0.05, 0) is 24.0 Å². The van der Waals surface area contributed by atoms with Gasteiger partial charge in [0.25, 0.3) is 0 Å². The Labute approximate surface area is 125 Å². The van der Waals surface area contributed by atoms with Gasteiger partial charge in [0, 0.05) is 26.3 Å². The molecule has 6 nitrogen and oxygen atoms in total. The predicted molar refractivity (Wildman–Crippen MR) is 81.6 cm³/mol. The second-order valence-electron chi connectivity index (χ2n) is 5.26. The number of nitro benzene ring substituents is 1. The van der Waals surface area contributed by atoms with E-state index < -0.39 is 4.92 Å². The second-order valence-corrected chi connectivity index (χ2v) is 5.26. The van der Waals surface area contributed by atoms with Crippen LogP contribution in [0.3, 0.4) is 0 Å². The molecule has 0 aliphatic heterocycles. The standard InChI is InChI=1S/C15H24N2O4/c1-12(2)6-8-21-15-5-4-13(10-14(15)17(18)19)11-16-7-9-20-3/h4-5,10,12,16H,6-9,11H2,1-3H3. The van der Waals surface area contributed by atoms with Crippen molar-refractivity contribution in [3.05, 3.63) is 33.9 Å². The number of hydrogen-bond acceptors (Lipinski definition) is 5. The Hall–Kier alpha value is -1.66. The first-order valence-corrected chi connectivity index (χ1v) is 7.14. The molecule has 1 aromatic carbocycles. The van der Waals surface area contributed by atoms with Crippen LogP contribution in [-0.4, -0.2) is 31.8 Å². The molecule has 0 atom stereocenters. The second kappa shape index (κ2) is 9.31. The normalized spacial score (nSPS) is 10.9. The van der Waals surface area contributed by atoms with Crippen LogP contribution in [0.2, 0.25) is 0 Å². The zero-order chi connectivity index (χ0) is 15.7. The summed E-state index contributed by atoms with van der Waals surface area (Å²) in [6.45, 7) is 6.55. The third-order valence-electron chi connectivity index (χ3n) is 2.98. The van der Waals surface area contributed by atoms with Crippen molar-refractivity contribution in [1.82, 2.24) is 5.32 Å². The zero-order valence-corrected chi connectivity index (χ0v) is 12.9. The molecule has 0 radical (unpaired) electrons. The summed E-state index contributed by atoms with van der Waals surface area (Å²) in [6.07, 6.45) is 0.872. The summed E-state index contributed by atoms with van der Waals surface area (Å²) in [5.41, 5.74) is 0.874. The highest BCUT2D eigenvalue weighted by Gasteiger charge is 2.16. The average Bonchev–Trinajstić information content (AvgIpc) is 2.44. The van der Waals surface area contributed by atoms with Gasteiger partial charge in [-0.15, -0.1) is 0 Å². The molecular formula is C15H24N2O4. The van der Waals surface area contributed by atoms with Crippen LogP contribution in [0.5, 0.6) is 5.75 Å². The molecule has 0 bridgehead atoms. The lowest BCUT2D eigenvalue weighted by atomic mass is 10.1. The molecule has 1 N–H and O–H groups in total. The van der Waals surface area contributed by atoms with E-state index in [2.05, 4.69) is 19.2 Å². The molecule has 0 fully saturated rings. The van der Waals surface area contributed by atoms with Crippen molar-refractivity contribution in [3.63, 3.8) is 0 Å². The quantitative estimate of drug-likeness (QED) is 0.408. The van der Waals surface area contributed by atoms with Crippen molar-refractivity contribution < 1.29 is 14.4 Å². The van der Waals surface area contributed by atoms with Crippen molar-refractivity contribution in [2.75, 3.05) is 26.9 Å². The molecule has 0 saturated carbocycles. The SMILES string of the molecule is COCCNCc1ccc(OCCC(C)C)c([N+](=O)[O-])c1. The van der Waals surface area contributed by atoms with Gasteiger partial charge in [-0.2, -0.15) is 0 Å². The monoisotopic (exact) mass is 296 g/mol. The number of benzene rings is 1. The van der Waals surface area contributed by atoms with Gasteiger partial charge < -0.3 is 14.8 Å². The lowest BCUT2D eigenvalue weighted by molar-refractivity contribution is -0.385. The maximum absolute atomic E-state index is 11.1. The van der Waals surface area contributed by atoms with E-state index in [0.717, 1.165) is 12.0 Å². The Bertz CT molecular complexity index is 449. The highest BCUT2D eigenvalue weighted by atomic mass is 16.6. The average molecular weight is 296 g/mol. The summed E-state index contributed by atoms with van der Waals surface area (Å²) >= 11 is 0. The van der Waals surface area contributed by atoms with Crippen LogP contribution in [-0.2, 0) is 11.3 Å². The van der Waals surface area contributed by atoms with Crippen LogP contribution in [0.25, 0.3) is 0 Å². The number of rotatable bonds is 10. The van der Waals surface area contributed by atoms with E-state index in [0.29, 0.717) is 38.0 Å². The van der Waals surface area contributed by atoms with Crippen LogP contribution in [0.1, 0.15) is 25.8 Å². The molecule has 0 unspecified atom stereocenters. The van der Waals surface area contributed by atoms with Crippen molar-refractivity contribution >= 4 is 5.69 Å². The van der Waals surface area contributed by atoms with Gasteiger partial charge in [0.2, 0.25) is 0 Å². The van der Waals surface area contributed by atoms with Gasteiger partial charge in [0.05, 0.1) is 18.1 Å². The number of hydrogen-bond donors (Lipinski definition) is 1. The summed E-state index contributed by atoms with van der Waals surface area (Å²) in [7, 11) is 1.63. The third-order valence-corrected chi connectivity index (χ3v) is 2.98. The van der Waals surface area contributed by atoms with Crippen molar-refractivity contribution in [1.29, 1.82) is 0 Å². The summed E-state index contributed by atoms with van der Waals surface area (Å²) in [4.78, 5) is 10.7. The van der Waals surface area contributed by atoms with Crippen molar-refractivity contribution in [2.24, 2.45) is 5.92 Å². The lowest BCUT2D eigenvalue weighted by Gasteiger charge is -2.10. The van der Waals surface area contributed by atoms with E-state index in [9.17, 15) is 10.1 Å². The Balaban J connectivity index is 2.65. The topological polar surface area (TPSA) is 73.6 Å². The highest BCUT2D eigenvalue weighted by molar-refractivity contribution is 5.48. The Kier molecular flexibility index (Phi) is 7.71. The van der Waals surface area contributed by atoms with Crippen LogP contribution in [0, 0.1) is 16.0 Å². The van der Waals surface area contributed by atoms with Gasteiger partial charge in [0.1, 0.15) is 0 Å². The lowest BCUT2D eigenvalue weighted by Crippen LogP contribution is -2.18. The molecule has 6 heteroatoms. The van der Waals surface area contributed by atoms with Crippen molar-refractivity contribution in [2.45, 2.75) is 26.8 Å². The molecule has 0 aromatic heterocycles. The zero-order valence-electron chi connectivity index (χ0n) is 12.9. The van der Waals surface area contributed by atoms with Crippen LogP contribution >= 0.6 is 0 Å². The summed E-state index contributed by atoms with van der Waals surface area (Å²) < 4.78 is 10.5. The van der Waals surface area contributed by atoms with E-state index in [1.165, 1.54) is 0 Å². The smallest absolute Gasteiger partial charge is 0.311 e. The fraction of sp³-hybridized carbons (Fsp3) is 0.600. The largest absolute Gasteiger partial charge is 0.487 e. The van der Waals surface area contributed by atoms with E-state index >= 15 is 0 Å². The van der Waals surface area contributed by atoms with E-state index in [-0.39, 0.29) is 5.69 Å². The molecular weight excluding hydrogens is 272 g/mol. The minimum atomic E-state index is -0.399. The molecule has 21 heavy (non-hydrogen) atoms. The van der Waals surface area contributed by atoms with Gasteiger partial charge in [0.15, 0.2) is 5.75 Å². The van der Waals surface area contributed by atoms with Crippen LogP contribution in [0.15, 0.2) is 18.2 Å². The van der Waals surface area contributed by atoms with E-state index in [4.69, 9.17) is 9.47 Å². The minimum absolute atomic E-state index is 0.0183. The molecule has 0 aliphatic rings. The molecule has 118 valence electrons. The van der Waals surface area contributed by atoms with Gasteiger partial charge >= 0.3 is 5.69 Å². The number of nitrogens with one attached hydrogen (secondary N) is 1. The summed E-state index contributed by atoms with van der Waals surface area (Å²) in [5, 5.41) is 14.3. The molecule has 0 amide bonds. The first-order chi connectivity index (χ1) is 10.0. The Morgan fingerprint density at radius 1 is 1.33 bits per heavy atom. The number of ether oxygens (including phenoxy) is 2. The van der Waals surface area contributed by atoms with E-state index in [1.54, 1.807) is 19.2 Å². The van der Waals surface area contributed by atoms with Crippen LogP contribution < -0.4 is 10.1 Å². The number of nitrogens with zero attached hydrogens (tertiary/aromatic N) is 1. The minimum Gasteiger partial charge on any atom is -0.487 e.